The van der Waals surface area contributed by atoms with Crippen molar-refractivity contribution in [2.45, 2.75) is 36.8 Å². The van der Waals surface area contributed by atoms with Gasteiger partial charge in [0.2, 0.25) is 0 Å². The lowest BCUT2D eigenvalue weighted by Crippen LogP contribution is -2.33. The molecule has 0 saturated carbocycles. The zero-order chi connectivity index (χ0) is 26.2. The lowest BCUT2D eigenvalue weighted by Gasteiger charge is -2.12. The fraction of sp³-hybridized carbons (Fsp3) is 0.200. The molecular weight excluding hydrogens is 482 g/mol. The van der Waals surface area contributed by atoms with Crippen LogP contribution in [-0.4, -0.2) is 28.7 Å². The van der Waals surface area contributed by atoms with E-state index in [0.717, 1.165) is 10.5 Å². The SMILES string of the molecule is COCc1cc(C)n(CC(=O)NN=Cc2ccc(Sc3ccc(C)cc3)c([N+](=O)[O-])c2)c(=O)c1C#N. The highest BCUT2D eigenvalue weighted by Crippen LogP contribution is 2.35. The molecule has 0 spiro atoms. The van der Waals surface area contributed by atoms with E-state index in [4.69, 9.17) is 4.74 Å². The Hall–Kier alpha value is -4.27. The van der Waals surface area contributed by atoms with Gasteiger partial charge in [-0.1, -0.05) is 35.5 Å². The molecule has 0 aliphatic rings. The summed E-state index contributed by atoms with van der Waals surface area (Å²) >= 11 is 1.28. The van der Waals surface area contributed by atoms with E-state index in [9.17, 15) is 25.0 Å². The molecule has 10 nitrogen and oxygen atoms in total. The first-order valence-corrected chi connectivity index (χ1v) is 11.5. The third-order valence-corrected chi connectivity index (χ3v) is 6.21. The molecule has 0 bridgehead atoms. The third kappa shape index (κ3) is 6.44. The van der Waals surface area contributed by atoms with Crippen molar-refractivity contribution < 1.29 is 14.5 Å². The predicted molar refractivity (Wildman–Crippen MR) is 135 cm³/mol. The predicted octanol–water partition coefficient (Wildman–Crippen LogP) is 3.69. The minimum atomic E-state index is -0.596. The van der Waals surface area contributed by atoms with Crippen LogP contribution in [0.4, 0.5) is 5.69 Å². The van der Waals surface area contributed by atoms with Crippen molar-refractivity contribution in [3.05, 3.63) is 96.9 Å². The zero-order valence-corrected chi connectivity index (χ0v) is 20.7. The molecule has 1 heterocycles. The van der Waals surface area contributed by atoms with E-state index in [1.165, 1.54) is 35.7 Å². The summed E-state index contributed by atoms with van der Waals surface area (Å²) in [5.74, 6) is -0.596. The average molecular weight is 506 g/mol. The van der Waals surface area contributed by atoms with Gasteiger partial charge in [0.1, 0.15) is 18.2 Å². The summed E-state index contributed by atoms with van der Waals surface area (Å²) in [6.07, 6.45) is 1.28. The van der Waals surface area contributed by atoms with Crippen LogP contribution in [0.3, 0.4) is 0 Å². The Bertz CT molecular complexity index is 1420. The molecule has 11 heteroatoms. The van der Waals surface area contributed by atoms with E-state index in [0.29, 0.717) is 21.7 Å². The molecule has 36 heavy (non-hydrogen) atoms. The first-order chi connectivity index (χ1) is 17.2. The number of nitriles is 1. The number of aromatic nitrogens is 1. The van der Waals surface area contributed by atoms with Gasteiger partial charge in [0.25, 0.3) is 17.2 Å². The summed E-state index contributed by atoms with van der Waals surface area (Å²) in [4.78, 5) is 37.5. The number of benzene rings is 2. The van der Waals surface area contributed by atoms with Crippen LogP contribution < -0.4 is 11.0 Å². The normalized spacial score (nSPS) is 10.8. The Morgan fingerprint density at radius 1 is 1.25 bits per heavy atom. The van der Waals surface area contributed by atoms with Crippen LogP contribution in [0.1, 0.15) is 27.9 Å². The molecular formula is C25H23N5O5S. The van der Waals surface area contributed by atoms with Crippen molar-refractivity contribution in [2.75, 3.05) is 7.11 Å². The van der Waals surface area contributed by atoms with E-state index in [-0.39, 0.29) is 24.4 Å². The molecule has 1 aromatic heterocycles. The number of hydrogen-bond donors (Lipinski definition) is 1. The number of nitro benzene ring substituents is 1. The van der Waals surface area contributed by atoms with Crippen molar-refractivity contribution in [2.24, 2.45) is 5.10 Å². The van der Waals surface area contributed by atoms with E-state index in [1.807, 2.05) is 37.3 Å². The molecule has 2 aromatic carbocycles. The number of ether oxygens (including phenoxy) is 1. The molecule has 1 amide bonds. The third-order valence-electron chi connectivity index (χ3n) is 5.13. The summed E-state index contributed by atoms with van der Waals surface area (Å²) in [7, 11) is 1.46. The van der Waals surface area contributed by atoms with Crippen LogP contribution in [0.25, 0.3) is 0 Å². The highest BCUT2D eigenvalue weighted by atomic mass is 32.2. The molecule has 0 aliphatic heterocycles. The molecule has 0 saturated heterocycles. The van der Waals surface area contributed by atoms with Crippen molar-refractivity contribution in [3.8, 4) is 6.07 Å². The van der Waals surface area contributed by atoms with Gasteiger partial charge in [-0.25, -0.2) is 5.43 Å². The quantitative estimate of drug-likeness (QED) is 0.266. The van der Waals surface area contributed by atoms with Crippen molar-refractivity contribution in [1.29, 1.82) is 5.26 Å². The Balaban J connectivity index is 1.72. The minimum Gasteiger partial charge on any atom is -0.380 e. The molecule has 0 radical (unpaired) electrons. The number of rotatable bonds is 9. The van der Waals surface area contributed by atoms with Crippen molar-refractivity contribution >= 4 is 29.6 Å². The van der Waals surface area contributed by atoms with Crippen LogP contribution >= 0.6 is 11.8 Å². The second-order valence-electron chi connectivity index (χ2n) is 7.81. The number of hydrazone groups is 1. The number of nitrogens with one attached hydrogen (secondary N) is 1. The number of pyridine rings is 1. The van der Waals surface area contributed by atoms with Crippen LogP contribution in [0, 0.1) is 35.3 Å². The maximum absolute atomic E-state index is 12.6. The lowest BCUT2D eigenvalue weighted by molar-refractivity contribution is -0.387. The maximum Gasteiger partial charge on any atom is 0.283 e. The molecule has 0 unspecified atom stereocenters. The standard InChI is InChI=1S/C25H23N5O5S/c1-16-4-7-20(8-5-16)36-23-9-6-18(11-22(23)30(33)34)13-27-28-24(31)14-29-17(2)10-19(15-35-3)21(12-26)25(29)32/h4-11,13H,14-15H2,1-3H3,(H,28,31). The number of nitro groups is 1. The Morgan fingerprint density at radius 3 is 2.61 bits per heavy atom. The average Bonchev–Trinajstić information content (AvgIpc) is 2.84. The summed E-state index contributed by atoms with van der Waals surface area (Å²) in [5, 5.41) is 24.8. The number of hydrogen-bond acceptors (Lipinski definition) is 8. The fourth-order valence-electron chi connectivity index (χ4n) is 3.35. The molecule has 0 fully saturated rings. The maximum atomic E-state index is 12.6. The van der Waals surface area contributed by atoms with E-state index in [1.54, 1.807) is 25.1 Å². The van der Waals surface area contributed by atoms with Crippen molar-refractivity contribution in [3.63, 3.8) is 0 Å². The Labute approximate surface area is 211 Å². The van der Waals surface area contributed by atoms with Gasteiger partial charge < -0.3 is 9.30 Å². The number of amides is 1. The van der Waals surface area contributed by atoms with Gasteiger partial charge in [0, 0.05) is 34.9 Å². The number of carbonyl (C=O) groups is 1. The smallest absolute Gasteiger partial charge is 0.283 e. The van der Waals surface area contributed by atoms with Gasteiger partial charge >= 0.3 is 0 Å². The second kappa shape index (κ2) is 11.9. The number of nitrogens with zero attached hydrogens (tertiary/aromatic N) is 4. The number of methoxy groups -OCH3 is 1. The molecule has 3 rings (SSSR count). The molecule has 0 aliphatic carbocycles. The minimum absolute atomic E-state index is 0.0850. The highest BCUT2D eigenvalue weighted by Gasteiger charge is 2.16. The van der Waals surface area contributed by atoms with Crippen LogP contribution in [0.2, 0.25) is 0 Å². The van der Waals surface area contributed by atoms with E-state index >= 15 is 0 Å². The summed E-state index contributed by atoms with van der Waals surface area (Å²) < 4.78 is 6.19. The lowest BCUT2D eigenvalue weighted by atomic mass is 10.1. The van der Waals surface area contributed by atoms with Crippen LogP contribution in [0.5, 0.6) is 0 Å². The zero-order valence-electron chi connectivity index (χ0n) is 19.8. The van der Waals surface area contributed by atoms with Gasteiger partial charge in [0.05, 0.1) is 22.6 Å². The van der Waals surface area contributed by atoms with Gasteiger partial charge in [-0.05, 0) is 38.1 Å². The highest BCUT2D eigenvalue weighted by molar-refractivity contribution is 7.99. The Kier molecular flexibility index (Phi) is 8.72. The van der Waals surface area contributed by atoms with E-state index < -0.39 is 16.4 Å². The summed E-state index contributed by atoms with van der Waals surface area (Å²) in [6, 6.07) is 15.8. The first kappa shape index (κ1) is 26.3. The van der Waals surface area contributed by atoms with Gasteiger partial charge in [-0.3, -0.25) is 19.7 Å². The van der Waals surface area contributed by atoms with E-state index in [2.05, 4.69) is 10.5 Å². The largest absolute Gasteiger partial charge is 0.380 e. The molecule has 3 aromatic rings. The fourth-order valence-corrected chi connectivity index (χ4v) is 4.26. The number of aryl methyl sites for hydroxylation is 2. The summed E-state index contributed by atoms with van der Waals surface area (Å²) in [5.41, 5.74) is 3.98. The number of carbonyl (C=O) groups excluding carboxylic acids is 1. The first-order valence-electron chi connectivity index (χ1n) is 10.7. The van der Waals surface area contributed by atoms with Gasteiger partial charge in [0.15, 0.2) is 0 Å². The monoisotopic (exact) mass is 505 g/mol. The van der Waals surface area contributed by atoms with Gasteiger partial charge in [-0.15, -0.1) is 0 Å². The summed E-state index contributed by atoms with van der Waals surface area (Å²) in [6.45, 7) is 3.36. The topological polar surface area (TPSA) is 140 Å². The van der Waals surface area contributed by atoms with Gasteiger partial charge in [-0.2, -0.15) is 10.4 Å². The molecule has 0 atom stereocenters. The molecule has 184 valence electrons. The second-order valence-corrected chi connectivity index (χ2v) is 8.93. The van der Waals surface area contributed by atoms with Crippen LogP contribution in [0.15, 0.2) is 68.2 Å². The Morgan fingerprint density at radius 2 is 1.97 bits per heavy atom. The molecule has 1 N–H and O–H groups in total. The van der Waals surface area contributed by atoms with Crippen LogP contribution in [-0.2, 0) is 22.7 Å². The van der Waals surface area contributed by atoms with Crippen molar-refractivity contribution in [1.82, 2.24) is 9.99 Å².